The van der Waals surface area contributed by atoms with Crippen molar-refractivity contribution < 1.29 is 14.4 Å². The zero-order valence-electron chi connectivity index (χ0n) is 10.6. The van der Waals surface area contributed by atoms with E-state index in [4.69, 9.17) is 9.63 Å². The van der Waals surface area contributed by atoms with Crippen LogP contribution in [-0.2, 0) is 17.8 Å². The Morgan fingerprint density at radius 3 is 3.00 bits per heavy atom. The van der Waals surface area contributed by atoms with Gasteiger partial charge < -0.3 is 14.2 Å². The fraction of sp³-hybridized carbons (Fsp3) is 0.545. The lowest BCUT2D eigenvalue weighted by Crippen LogP contribution is -2.09. The summed E-state index contributed by atoms with van der Waals surface area (Å²) in [5.41, 5.74) is 0. The number of thioether (sulfide) groups is 1. The summed E-state index contributed by atoms with van der Waals surface area (Å²) in [6.07, 6.45) is 4.13. The number of hydrogen-bond acceptors (Lipinski definition) is 7. The SMILES string of the molecule is O=C(O)CSc1nnc(C2CC2)n1CCc1ncon1. The number of rotatable bonds is 7. The maximum Gasteiger partial charge on any atom is 0.313 e. The molecule has 3 rings (SSSR count). The first-order valence-electron chi connectivity index (χ1n) is 6.27. The largest absolute Gasteiger partial charge is 0.481 e. The van der Waals surface area contributed by atoms with E-state index in [0.717, 1.165) is 18.7 Å². The molecule has 0 aliphatic heterocycles. The summed E-state index contributed by atoms with van der Waals surface area (Å²) in [4.78, 5) is 14.6. The monoisotopic (exact) mass is 295 g/mol. The van der Waals surface area contributed by atoms with Crippen LogP contribution in [0.15, 0.2) is 16.1 Å². The van der Waals surface area contributed by atoms with E-state index in [1.807, 2.05) is 4.57 Å². The molecule has 0 saturated heterocycles. The van der Waals surface area contributed by atoms with Gasteiger partial charge in [0.2, 0.25) is 6.39 Å². The molecule has 0 unspecified atom stereocenters. The van der Waals surface area contributed by atoms with Crippen molar-refractivity contribution in [3.63, 3.8) is 0 Å². The summed E-state index contributed by atoms with van der Waals surface area (Å²) in [6.45, 7) is 0.625. The van der Waals surface area contributed by atoms with Gasteiger partial charge in [0.25, 0.3) is 0 Å². The third-order valence-electron chi connectivity index (χ3n) is 2.98. The minimum atomic E-state index is -0.865. The number of nitrogens with zero attached hydrogens (tertiary/aromatic N) is 5. The first-order valence-corrected chi connectivity index (χ1v) is 7.25. The van der Waals surface area contributed by atoms with Gasteiger partial charge in [-0.15, -0.1) is 10.2 Å². The molecule has 20 heavy (non-hydrogen) atoms. The molecule has 9 heteroatoms. The van der Waals surface area contributed by atoms with Crippen LogP contribution in [0.3, 0.4) is 0 Å². The third-order valence-corrected chi connectivity index (χ3v) is 3.93. The van der Waals surface area contributed by atoms with Gasteiger partial charge in [-0.1, -0.05) is 16.9 Å². The standard InChI is InChI=1S/C11H13N5O3S/c17-9(18)5-20-11-14-13-10(7-1-2-7)16(11)4-3-8-12-6-19-15-8/h6-7H,1-5H2,(H,17,18). The second-order valence-corrected chi connectivity index (χ2v) is 5.49. The molecule has 0 radical (unpaired) electrons. The Morgan fingerprint density at radius 1 is 1.50 bits per heavy atom. The van der Waals surface area contributed by atoms with Gasteiger partial charge in [-0.05, 0) is 12.8 Å². The van der Waals surface area contributed by atoms with Gasteiger partial charge in [0.15, 0.2) is 11.0 Å². The third kappa shape index (κ3) is 2.98. The van der Waals surface area contributed by atoms with Crippen molar-refractivity contribution in [2.24, 2.45) is 0 Å². The minimum absolute atomic E-state index is 0.0228. The van der Waals surface area contributed by atoms with E-state index >= 15 is 0 Å². The number of carboxylic acid groups (broad SMARTS) is 1. The summed E-state index contributed by atoms with van der Waals surface area (Å²) in [5, 5.41) is 21.5. The fourth-order valence-electron chi connectivity index (χ4n) is 1.90. The minimum Gasteiger partial charge on any atom is -0.481 e. The van der Waals surface area contributed by atoms with Crippen molar-refractivity contribution in [3.05, 3.63) is 18.0 Å². The summed E-state index contributed by atoms with van der Waals surface area (Å²) in [5.74, 6) is 1.11. The van der Waals surface area contributed by atoms with Gasteiger partial charge >= 0.3 is 5.97 Å². The normalized spacial score (nSPS) is 14.6. The second kappa shape index (κ2) is 5.61. The van der Waals surface area contributed by atoms with Gasteiger partial charge in [-0.3, -0.25) is 4.79 Å². The smallest absolute Gasteiger partial charge is 0.313 e. The Morgan fingerprint density at radius 2 is 2.35 bits per heavy atom. The van der Waals surface area contributed by atoms with E-state index in [1.165, 1.54) is 18.2 Å². The summed E-state index contributed by atoms with van der Waals surface area (Å²) in [7, 11) is 0. The predicted octanol–water partition coefficient (Wildman–Crippen LogP) is 0.958. The number of aromatic nitrogens is 5. The topological polar surface area (TPSA) is 107 Å². The molecule has 106 valence electrons. The fourth-order valence-corrected chi connectivity index (χ4v) is 2.59. The highest BCUT2D eigenvalue weighted by Gasteiger charge is 2.30. The highest BCUT2D eigenvalue weighted by atomic mass is 32.2. The molecule has 1 fully saturated rings. The maximum absolute atomic E-state index is 10.7. The van der Waals surface area contributed by atoms with Gasteiger partial charge in [-0.25, -0.2) is 0 Å². The van der Waals surface area contributed by atoms with Crippen LogP contribution in [0.4, 0.5) is 0 Å². The summed E-state index contributed by atoms with van der Waals surface area (Å²) >= 11 is 1.18. The first-order chi connectivity index (χ1) is 9.74. The summed E-state index contributed by atoms with van der Waals surface area (Å²) < 4.78 is 6.67. The average Bonchev–Trinajstić information content (AvgIpc) is 2.99. The highest BCUT2D eigenvalue weighted by Crippen LogP contribution is 2.40. The molecule has 0 bridgehead atoms. The van der Waals surface area contributed by atoms with Gasteiger partial charge in [0, 0.05) is 18.9 Å². The van der Waals surface area contributed by atoms with Crippen LogP contribution >= 0.6 is 11.8 Å². The van der Waals surface area contributed by atoms with Crippen molar-refractivity contribution in [3.8, 4) is 0 Å². The van der Waals surface area contributed by atoms with Gasteiger partial charge in [0.05, 0.1) is 5.75 Å². The maximum atomic E-state index is 10.7. The molecule has 0 aromatic carbocycles. The van der Waals surface area contributed by atoms with Crippen LogP contribution in [0, 0.1) is 0 Å². The first kappa shape index (κ1) is 13.1. The lowest BCUT2D eigenvalue weighted by atomic mass is 10.3. The van der Waals surface area contributed by atoms with E-state index in [1.54, 1.807) is 0 Å². The molecule has 0 atom stereocenters. The lowest BCUT2D eigenvalue weighted by Gasteiger charge is -2.07. The average molecular weight is 295 g/mol. The lowest BCUT2D eigenvalue weighted by molar-refractivity contribution is -0.133. The molecule has 1 saturated carbocycles. The molecule has 2 heterocycles. The number of carbonyl (C=O) groups is 1. The van der Waals surface area contributed by atoms with E-state index in [2.05, 4.69) is 20.3 Å². The van der Waals surface area contributed by atoms with Gasteiger partial charge in [-0.2, -0.15) is 4.98 Å². The molecule has 1 aliphatic rings. The van der Waals surface area contributed by atoms with E-state index in [9.17, 15) is 4.79 Å². The number of hydrogen-bond donors (Lipinski definition) is 1. The van der Waals surface area contributed by atoms with Crippen molar-refractivity contribution in [1.82, 2.24) is 24.9 Å². The number of carboxylic acids is 1. The van der Waals surface area contributed by atoms with Crippen LogP contribution in [0.5, 0.6) is 0 Å². The zero-order valence-corrected chi connectivity index (χ0v) is 11.4. The molecular weight excluding hydrogens is 282 g/mol. The predicted molar refractivity (Wildman–Crippen MR) is 68.4 cm³/mol. The van der Waals surface area contributed by atoms with Gasteiger partial charge in [0.1, 0.15) is 5.82 Å². The second-order valence-electron chi connectivity index (χ2n) is 4.55. The van der Waals surface area contributed by atoms with Crippen LogP contribution in [0.1, 0.15) is 30.4 Å². The van der Waals surface area contributed by atoms with Crippen LogP contribution in [0.25, 0.3) is 0 Å². The highest BCUT2D eigenvalue weighted by molar-refractivity contribution is 7.99. The molecule has 1 aliphatic carbocycles. The Balaban J connectivity index is 1.74. The zero-order chi connectivity index (χ0) is 13.9. The van der Waals surface area contributed by atoms with Crippen molar-refractivity contribution in [2.75, 3.05) is 5.75 Å². The Hall–Kier alpha value is -1.90. The Bertz CT molecular complexity index is 593. The Kier molecular flexibility index (Phi) is 3.68. The quantitative estimate of drug-likeness (QED) is 0.752. The van der Waals surface area contributed by atoms with E-state index in [-0.39, 0.29) is 5.75 Å². The van der Waals surface area contributed by atoms with E-state index in [0.29, 0.717) is 29.9 Å². The number of aliphatic carboxylic acids is 1. The Labute approximate surface area is 118 Å². The molecular formula is C11H13N5O3S. The van der Waals surface area contributed by atoms with Crippen molar-refractivity contribution in [2.45, 2.75) is 36.9 Å². The van der Waals surface area contributed by atoms with Crippen molar-refractivity contribution in [1.29, 1.82) is 0 Å². The number of aryl methyl sites for hydroxylation is 1. The molecule has 2 aromatic heterocycles. The van der Waals surface area contributed by atoms with Crippen LogP contribution in [0.2, 0.25) is 0 Å². The van der Waals surface area contributed by atoms with Crippen LogP contribution < -0.4 is 0 Å². The molecule has 8 nitrogen and oxygen atoms in total. The molecule has 2 aromatic rings. The van der Waals surface area contributed by atoms with Crippen LogP contribution in [-0.4, -0.2) is 41.7 Å². The molecule has 0 amide bonds. The van der Waals surface area contributed by atoms with Crippen molar-refractivity contribution >= 4 is 17.7 Å². The molecule has 1 N–H and O–H groups in total. The van der Waals surface area contributed by atoms with E-state index < -0.39 is 5.97 Å². The molecule has 0 spiro atoms. The summed E-state index contributed by atoms with van der Waals surface area (Å²) in [6, 6.07) is 0.